The highest BCUT2D eigenvalue weighted by atomic mass is 16.5. The average Bonchev–Trinajstić information content (AvgIpc) is 3.86. The van der Waals surface area contributed by atoms with Gasteiger partial charge in [0.15, 0.2) is 11.4 Å². The molecule has 0 saturated carbocycles. The zero-order chi connectivity index (χ0) is 32.8. The first-order valence-electron chi connectivity index (χ1n) is 15.1. The van der Waals surface area contributed by atoms with Crippen LogP contribution < -0.4 is 0 Å². The first-order valence-corrected chi connectivity index (χ1v) is 15.1. The highest BCUT2D eigenvalue weighted by Gasteiger charge is 2.22. The van der Waals surface area contributed by atoms with Crippen molar-refractivity contribution in [2.45, 2.75) is 77.5 Å². The van der Waals surface area contributed by atoms with Gasteiger partial charge in [-0.15, -0.1) is 0 Å². The van der Waals surface area contributed by atoms with Crippen LogP contribution in [0.25, 0.3) is 0 Å². The van der Waals surface area contributed by atoms with Gasteiger partial charge in [0, 0.05) is 37.6 Å². The number of fused-ring (bicyclic) bond motifs is 4. The van der Waals surface area contributed by atoms with Crippen molar-refractivity contribution < 1.29 is 38.9 Å². The average molecular weight is 637 g/mol. The number of esters is 2. The minimum atomic E-state index is -0.938. The summed E-state index contributed by atoms with van der Waals surface area (Å²) in [6.45, 7) is 3.57. The number of methoxy groups -OCH3 is 2. The van der Waals surface area contributed by atoms with Crippen LogP contribution in [0.15, 0.2) is 24.5 Å². The summed E-state index contributed by atoms with van der Waals surface area (Å²) < 4.78 is 16.5. The molecule has 2 N–H and O–H groups in total. The highest BCUT2D eigenvalue weighted by Crippen LogP contribution is 2.19. The Bertz CT molecular complexity index is 1700. The Kier molecular flexibility index (Phi) is 9.93. The molecule has 4 aromatic rings. The molecule has 0 aromatic carbocycles. The second-order valence-corrected chi connectivity index (χ2v) is 11.0. The zero-order valence-corrected chi connectivity index (χ0v) is 25.7. The lowest BCUT2D eigenvalue weighted by Crippen LogP contribution is -2.04. The summed E-state index contributed by atoms with van der Waals surface area (Å²) in [4.78, 5) is 43.2. The number of carboxylic acid groups (broad SMARTS) is 2. The minimum Gasteiger partial charge on any atom is -0.478 e. The van der Waals surface area contributed by atoms with Gasteiger partial charge in [-0.25, -0.2) is 19.2 Å². The van der Waals surface area contributed by atoms with Crippen LogP contribution >= 0.6 is 0 Å². The molecule has 0 radical (unpaired) electrons. The van der Waals surface area contributed by atoms with E-state index in [1.54, 1.807) is 27.7 Å². The maximum atomic E-state index is 11.2. The summed E-state index contributed by atoms with van der Waals surface area (Å²) in [7, 11) is 2.76. The van der Waals surface area contributed by atoms with E-state index in [-0.39, 0.29) is 17.6 Å². The van der Waals surface area contributed by atoms with Crippen molar-refractivity contribution in [1.29, 1.82) is 0 Å². The molecule has 4 aromatic heterocycles. The van der Waals surface area contributed by atoms with Crippen LogP contribution in [0.5, 0.6) is 0 Å². The summed E-state index contributed by atoms with van der Waals surface area (Å²) in [6.07, 6.45) is 11.1. The Hall–Kier alpha value is -5.28. The Morgan fingerprint density at radius 3 is 1.57 bits per heavy atom. The lowest BCUT2D eigenvalue weighted by Gasteiger charge is -1.96. The number of ether oxygens (including phenoxy) is 2. The number of rotatable bonds is 4. The summed E-state index contributed by atoms with van der Waals surface area (Å²) in [5.41, 5.74) is 5.64. The SMILES string of the molecule is COC(=O)c1cc2n(n1)CCC2.COC(=O)c1cnn2c1CCC2.O=C(O)c1cc2n(n1)CCC2.O=C(O)c1cnn2c1CCC2. The van der Waals surface area contributed by atoms with Gasteiger partial charge in [0.25, 0.3) is 0 Å². The molecule has 46 heavy (non-hydrogen) atoms. The van der Waals surface area contributed by atoms with E-state index in [4.69, 9.17) is 10.2 Å². The number of carbonyl (C=O) groups excluding carboxylic acids is 2. The molecule has 8 rings (SSSR count). The van der Waals surface area contributed by atoms with Crippen LogP contribution in [-0.2, 0) is 61.3 Å². The van der Waals surface area contributed by atoms with Crippen molar-refractivity contribution in [1.82, 2.24) is 39.1 Å². The molecule has 4 aliphatic heterocycles. The number of carbonyl (C=O) groups is 4. The van der Waals surface area contributed by atoms with Gasteiger partial charge in [0.1, 0.15) is 11.1 Å². The molecule has 0 aliphatic carbocycles. The third kappa shape index (κ3) is 7.00. The Balaban J connectivity index is 0.000000121. The lowest BCUT2D eigenvalue weighted by molar-refractivity contribution is 0.0586. The van der Waals surface area contributed by atoms with Gasteiger partial charge in [-0.05, 0) is 63.5 Å². The molecule has 0 spiro atoms. The third-order valence-electron chi connectivity index (χ3n) is 8.05. The fraction of sp³-hybridized carbons (Fsp3) is 0.467. The van der Waals surface area contributed by atoms with Crippen LogP contribution in [0.1, 0.15) is 90.2 Å². The van der Waals surface area contributed by atoms with E-state index in [9.17, 15) is 19.2 Å². The monoisotopic (exact) mass is 636 g/mol. The summed E-state index contributed by atoms with van der Waals surface area (Å²) in [6, 6.07) is 3.45. The van der Waals surface area contributed by atoms with E-state index < -0.39 is 11.9 Å². The molecule has 0 unspecified atom stereocenters. The molecule has 244 valence electrons. The predicted octanol–water partition coefficient (Wildman–Crippen LogP) is 2.29. The number of hydrogen-bond donors (Lipinski definition) is 2. The largest absolute Gasteiger partial charge is 0.478 e. The first kappa shape index (κ1) is 32.1. The van der Waals surface area contributed by atoms with Gasteiger partial charge in [-0.1, -0.05) is 0 Å². The smallest absolute Gasteiger partial charge is 0.358 e. The normalized spacial score (nSPS) is 14.7. The number of aryl methyl sites for hydroxylation is 6. The number of hydrogen-bond acceptors (Lipinski definition) is 10. The maximum Gasteiger partial charge on any atom is 0.358 e. The molecule has 16 nitrogen and oxygen atoms in total. The van der Waals surface area contributed by atoms with Crippen molar-refractivity contribution in [2.24, 2.45) is 0 Å². The quantitative estimate of drug-likeness (QED) is 0.310. The van der Waals surface area contributed by atoms with Gasteiger partial charge < -0.3 is 19.7 Å². The Morgan fingerprint density at radius 2 is 1.07 bits per heavy atom. The molecule has 0 atom stereocenters. The molecule has 16 heteroatoms. The predicted molar refractivity (Wildman–Crippen MR) is 159 cm³/mol. The van der Waals surface area contributed by atoms with E-state index in [2.05, 4.69) is 29.9 Å². The topological polar surface area (TPSA) is 198 Å². The van der Waals surface area contributed by atoms with Crippen molar-refractivity contribution >= 4 is 23.9 Å². The van der Waals surface area contributed by atoms with Gasteiger partial charge in [0.2, 0.25) is 0 Å². The third-order valence-corrected chi connectivity index (χ3v) is 8.05. The molecule has 0 bridgehead atoms. The number of carboxylic acids is 2. The van der Waals surface area contributed by atoms with E-state index >= 15 is 0 Å². The van der Waals surface area contributed by atoms with Crippen molar-refractivity contribution in [3.8, 4) is 0 Å². The van der Waals surface area contributed by atoms with Gasteiger partial charge in [0.05, 0.1) is 38.0 Å². The van der Waals surface area contributed by atoms with E-state index in [0.717, 1.165) is 100 Å². The van der Waals surface area contributed by atoms with Crippen LogP contribution in [0.3, 0.4) is 0 Å². The zero-order valence-electron chi connectivity index (χ0n) is 25.7. The molecule has 0 amide bonds. The van der Waals surface area contributed by atoms with Gasteiger partial charge >= 0.3 is 23.9 Å². The fourth-order valence-corrected chi connectivity index (χ4v) is 5.82. The van der Waals surface area contributed by atoms with Crippen LogP contribution in [0.2, 0.25) is 0 Å². The highest BCUT2D eigenvalue weighted by molar-refractivity contribution is 5.90. The number of nitrogens with zero attached hydrogens (tertiary/aromatic N) is 8. The van der Waals surface area contributed by atoms with E-state index in [1.807, 2.05) is 9.36 Å². The summed E-state index contributed by atoms with van der Waals surface area (Å²) in [5.74, 6) is -2.44. The molecule has 8 heterocycles. The van der Waals surface area contributed by atoms with Gasteiger partial charge in [-0.3, -0.25) is 18.7 Å². The fourth-order valence-electron chi connectivity index (χ4n) is 5.82. The van der Waals surface area contributed by atoms with Crippen LogP contribution in [-0.4, -0.2) is 87.4 Å². The number of aromatic nitrogens is 8. The summed E-state index contributed by atoms with van der Waals surface area (Å²) in [5, 5.41) is 33.3. The molecule has 0 saturated heterocycles. The Labute approximate surface area is 263 Å². The molecule has 4 aliphatic rings. The van der Waals surface area contributed by atoms with Gasteiger partial charge in [-0.2, -0.15) is 20.4 Å². The van der Waals surface area contributed by atoms with Crippen molar-refractivity contribution in [3.63, 3.8) is 0 Å². The number of aromatic carboxylic acids is 2. The lowest BCUT2D eigenvalue weighted by atomic mass is 10.2. The van der Waals surface area contributed by atoms with Crippen molar-refractivity contribution in [2.75, 3.05) is 14.2 Å². The van der Waals surface area contributed by atoms with Crippen LogP contribution in [0, 0.1) is 0 Å². The summed E-state index contributed by atoms with van der Waals surface area (Å²) >= 11 is 0. The second-order valence-electron chi connectivity index (χ2n) is 11.0. The molecule has 0 fully saturated rings. The van der Waals surface area contributed by atoms with E-state index in [1.165, 1.54) is 20.4 Å². The second kappa shape index (κ2) is 14.2. The molecular formula is C30H36N8O8. The Morgan fingerprint density at radius 1 is 0.609 bits per heavy atom. The maximum absolute atomic E-state index is 11.2. The first-order chi connectivity index (χ1) is 22.2. The minimum absolute atomic E-state index is 0.166. The van der Waals surface area contributed by atoms with Crippen LogP contribution in [0.4, 0.5) is 0 Å². The molecular weight excluding hydrogens is 600 g/mol. The standard InChI is InChI=1S/2C8H10N2O2.2C7H8N2O2/c1-12-8(11)6-5-9-10-4-2-3-7(6)10;1-12-8(11)7-5-6-3-2-4-10(6)9-7;10-7(11)5-4-8-9-3-1-2-6(5)9;10-7(11)6-4-5-2-1-3-9(5)8-6/h2*5H,2-4H2,1H3;2*4H,1-3H2,(H,10,11). The van der Waals surface area contributed by atoms with Crippen molar-refractivity contribution in [3.05, 3.63) is 69.8 Å². The van der Waals surface area contributed by atoms with E-state index in [0.29, 0.717) is 16.8 Å².